The number of nitrogens with zero attached hydrogens (tertiary/aromatic N) is 2. The molecule has 0 aliphatic heterocycles. The molecule has 1 aromatic heterocycles. The SMILES string of the molecule is O=C(NC1(C(=O)NCc2ccc(O)cc2)CC1)c1cncnc1. The minimum absolute atomic E-state index is 0.177. The Hall–Kier alpha value is -2.96. The Labute approximate surface area is 132 Å². The Morgan fingerprint density at radius 3 is 2.39 bits per heavy atom. The molecule has 7 nitrogen and oxygen atoms in total. The van der Waals surface area contributed by atoms with E-state index in [1.807, 2.05) is 0 Å². The molecule has 0 spiro atoms. The Kier molecular flexibility index (Phi) is 3.92. The van der Waals surface area contributed by atoms with Gasteiger partial charge in [-0.05, 0) is 30.5 Å². The van der Waals surface area contributed by atoms with Crippen LogP contribution in [-0.2, 0) is 11.3 Å². The number of carbonyl (C=O) groups is 2. The Morgan fingerprint density at radius 1 is 1.13 bits per heavy atom. The van der Waals surface area contributed by atoms with Crippen molar-refractivity contribution in [3.63, 3.8) is 0 Å². The van der Waals surface area contributed by atoms with Crippen LogP contribution in [0.2, 0.25) is 0 Å². The third kappa shape index (κ3) is 3.45. The number of nitrogens with one attached hydrogen (secondary N) is 2. The van der Waals surface area contributed by atoms with Crippen molar-refractivity contribution in [2.45, 2.75) is 24.9 Å². The average Bonchev–Trinajstić information content (AvgIpc) is 3.35. The number of hydrogen-bond acceptors (Lipinski definition) is 5. The van der Waals surface area contributed by atoms with Crippen molar-refractivity contribution >= 4 is 11.8 Å². The summed E-state index contributed by atoms with van der Waals surface area (Å²) in [6.45, 7) is 0.338. The monoisotopic (exact) mass is 312 g/mol. The molecule has 7 heteroatoms. The molecule has 0 radical (unpaired) electrons. The molecule has 1 heterocycles. The second kappa shape index (κ2) is 6.04. The van der Waals surface area contributed by atoms with E-state index >= 15 is 0 Å². The zero-order valence-electron chi connectivity index (χ0n) is 12.3. The van der Waals surface area contributed by atoms with Crippen LogP contribution in [0.15, 0.2) is 43.0 Å². The van der Waals surface area contributed by atoms with Gasteiger partial charge in [0.2, 0.25) is 5.91 Å². The highest BCUT2D eigenvalue weighted by Gasteiger charge is 2.51. The number of phenols is 1. The molecule has 3 N–H and O–H groups in total. The van der Waals surface area contributed by atoms with E-state index in [9.17, 15) is 14.7 Å². The number of aromatic nitrogens is 2. The molecular weight excluding hydrogens is 296 g/mol. The minimum atomic E-state index is -0.843. The maximum atomic E-state index is 12.3. The first-order valence-electron chi connectivity index (χ1n) is 7.23. The van der Waals surface area contributed by atoms with Crippen LogP contribution in [0.25, 0.3) is 0 Å². The number of carbonyl (C=O) groups excluding carboxylic acids is 2. The van der Waals surface area contributed by atoms with Gasteiger partial charge in [0.1, 0.15) is 17.6 Å². The summed E-state index contributed by atoms with van der Waals surface area (Å²) in [5.74, 6) is -0.394. The molecule has 1 fully saturated rings. The summed E-state index contributed by atoms with van der Waals surface area (Å²) in [5, 5.41) is 14.8. The molecule has 0 saturated heterocycles. The van der Waals surface area contributed by atoms with Crippen molar-refractivity contribution in [1.29, 1.82) is 0 Å². The predicted molar refractivity (Wildman–Crippen MR) is 81.4 cm³/mol. The molecule has 0 bridgehead atoms. The van der Waals surface area contributed by atoms with Crippen LogP contribution >= 0.6 is 0 Å². The summed E-state index contributed by atoms with van der Waals surface area (Å²) in [5.41, 5.74) is 0.351. The number of benzene rings is 1. The van der Waals surface area contributed by atoms with Crippen molar-refractivity contribution in [2.75, 3.05) is 0 Å². The first-order chi connectivity index (χ1) is 11.1. The van der Waals surface area contributed by atoms with Crippen molar-refractivity contribution in [2.24, 2.45) is 0 Å². The zero-order chi connectivity index (χ0) is 16.3. The lowest BCUT2D eigenvalue weighted by molar-refractivity contribution is -0.124. The van der Waals surface area contributed by atoms with E-state index < -0.39 is 5.54 Å². The topological polar surface area (TPSA) is 104 Å². The van der Waals surface area contributed by atoms with Crippen LogP contribution in [0, 0.1) is 0 Å². The Bertz CT molecular complexity index is 712. The van der Waals surface area contributed by atoms with Gasteiger partial charge in [-0.3, -0.25) is 9.59 Å². The van der Waals surface area contributed by atoms with Gasteiger partial charge in [-0.1, -0.05) is 12.1 Å². The van der Waals surface area contributed by atoms with Crippen LogP contribution in [0.4, 0.5) is 0 Å². The molecule has 0 atom stereocenters. The van der Waals surface area contributed by atoms with Crippen LogP contribution in [0.1, 0.15) is 28.8 Å². The summed E-state index contributed by atoms with van der Waals surface area (Å²) in [6, 6.07) is 6.58. The highest BCUT2D eigenvalue weighted by atomic mass is 16.3. The van der Waals surface area contributed by atoms with Gasteiger partial charge in [-0.15, -0.1) is 0 Å². The van der Waals surface area contributed by atoms with Gasteiger partial charge in [0.15, 0.2) is 0 Å². The standard InChI is InChI=1S/C16H16N4O3/c21-13-3-1-11(2-4-13)7-19-15(23)16(5-6-16)20-14(22)12-8-17-10-18-9-12/h1-4,8-10,21H,5-7H2,(H,19,23)(H,20,22). The maximum absolute atomic E-state index is 12.3. The maximum Gasteiger partial charge on any atom is 0.255 e. The molecule has 1 aliphatic carbocycles. The van der Waals surface area contributed by atoms with E-state index in [-0.39, 0.29) is 17.6 Å². The van der Waals surface area contributed by atoms with Crippen LogP contribution in [0.5, 0.6) is 5.75 Å². The molecule has 23 heavy (non-hydrogen) atoms. The summed E-state index contributed by atoms with van der Waals surface area (Å²) in [4.78, 5) is 32.0. The van der Waals surface area contributed by atoms with Gasteiger partial charge in [-0.2, -0.15) is 0 Å². The second-order valence-electron chi connectivity index (χ2n) is 5.51. The molecule has 3 rings (SSSR count). The summed E-state index contributed by atoms with van der Waals surface area (Å²) in [7, 11) is 0. The van der Waals surface area contributed by atoms with Gasteiger partial charge < -0.3 is 15.7 Å². The van der Waals surface area contributed by atoms with E-state index in [0.717, 1.165) is 5.56 Å². The fourth-order valence-electron chi connectivity index (χ4n) is 2.20. The van der Waals surface area contributed by atoms with Crippen molar-refractivity contribution < 1.29 is 14.7 Å². The predicted octanol–water partition coefficient (Wildman–Crippen LogP) is 0.761. The fraction of sp³-hybridized carbons (Fsp3) is 0.250. The number of hydrogen-bond donors (Lipinski definition) is 3. The van der Waals surface area contributed by atoms with Gasteiger partial charge in [0.05, 0.1) is 5.56 Å². The first kappa shape index (κ1) is 15.0. The van der Waals surface area contributed by atoms with E-state index in [2.05, 4.69) is 20.6 Å². The third-order valence-corrected chi connectivity index (χ3v) is 3.75. The second-order valence-corrected chi connectivity index (χ2v) is 5.51. The molecule has 1 saturated carbocycles. The average molecular weight is 312 g/mol. The smallest absolute Gasteiger partial charge is 0.255 e. The van der Waals surface area contributed by atoms with Gasteiger partial charge >= 0.3 is 0 Å². The summed E-state index contributed by atoms with van der Waals surface area (Å²) >= 11 is 0. The molecule has 0 unspecified atom stereocenters. The fourth-order valence-corrected chi connectivity index (χ4v) is 2.20. The molecule has 2 amide bonds. The number of rotatable bonds is 5. The molecule has 1 aromatic carbocycles. The van der Waals surface area contributed by atoms with Gasteiger partial charge in [0, 0.05) is 18.9 Å². The van der Waals surface area contributed by atoms with Gasteiger partial charge in [-0.25, -0.2) is 9.97 Å². The lowest BCUT2D eigenvalue weighted by Crippen LogP contribution is -2.48. The number of amides is 2. The minimum Gasteiger partial charge on any atom is -0.508 e. The quantitative estimate of drug-likeness (QED) is 0.756. The lowest BCUT2D eigenvalue weighted by atomic mass is 10.2. The highest BCUT2D eigenvalue weighted by Crippen LogP contribution is 2.36. The first-order valence-corrected chi connectivity index (χ1v) is 7.23. The van der Waals surface area contributed by atoms with Crippen LogP contribution < -0.4 is 10.6 Å². The number of phenolic OH excluding ortho intramolecular Hbond substituents is 1. The Balaban J connectivity index is 1.58. The Morgan fingerprint density at radius 2 is 1.78 bits per heavy atom. The number of aromatic hydroxyl groups is 1. The molecule has 118 valence electrons. The lowest BCUT2D eigenvalue weighted by Gasteiger charge is -2.17. The zero-order valence-corrected chi connectivity index (χ0v) is 12.3. The third-order valence-electron chi connectivity index (χ3n) is 3.75. The van der Waals surface area contributed by atoms with E-state index in [1.165, 1.54) is 18.7 Å². The highest BCUT2D eigenvalue weighted by molar-refractivity contribution is 6.00. The van der Waals surface area contributed by atoms with Crippen molar-refractivity contribution in [3.05, 3.63) is 54.1 Å². The van der Waals surface area contributed by atoms with Crippen molar-refractivity contribution in [1.82, 2.24) is 20.6 Å². The van der Waals surface area contributed by atoms with Crippen molar-refractivity contribution in [3.8, 4) is 5.75 Å². The largest absolute Gasteiger partial charge is 0.508 e. The molecular formula is C16H16N4O3. The van der Waals surface area contributed by atoms with E-state index in [0.29, 0.717) is 24.9 Å². The van der Waals surface area contributed by atoms with Gasteiger partial charge in [0.25, 0.3) is 5.91 Å². The van der Waals surface area contributed by atoms with Crippen LogP contribution in [-0.4, -0.2) is 32.4 Å². The summed E-state index contributed by atoms with van der Waals surface area (Å²) < 4.78 is 0. The van der Waals surface area contributed by atoms with Crippen LogP contribution in [0.3, 0.4) is 0 Å². The van der Waals surface area contributed by atoms with E-state index in [4.69, 9.17) is 0 Å². The normalized spacial score (nSPS) is 14.8. The molecule has 1 aliphatic rings. The molecule has 2 aromatic rings. The summed E-state index contributed by atoms with van der Waals surface area (Å²) in [6.07, 6.45) is 5.37. The van der Waals surface area contributed by atoms with E-state index in [1.54, 1.807) is 24.3 Å².